The Kier molecular flexibility index (Phi) is 2.73. The van der Waals surface area contributed by atoms with Gasteiger partial charge in [-0.2, -0.15) is 0 Å². The molecule has 0 heterocycles. The van der Waals surface area contributed by atoms with Gasteiger partial charge in [0, 0.05) is 12.0 Å². The zero-order chi connectivity index (χ0) is 9.19. The van der Waals surface area contributed by atoms with Gasteiger partial charge >= 0.3 is 5.97 Å². The zero-order valence-corrected chi connectivity index (χ0v) is 7.67. The van der Waals surface area contributed by atoms with Crippen molar-refractivity contribution >= 4 is 5.97 Å². The number of hydrogen-bond acceptors (Lipinski definition) is 2. The summed E-state index contributed by atoms with van der Waals surface area (Å²) in [6.45, 7) is 4.58. The molecule has 0 amide bonds. The number of aliphatic carboxylic acids is 1. The predicted octanol–water partition coefficient (Wildman–Crippen LogP) is 1.67. The molecule has 3 nitrogen and oxygen atoms in total. The van der Waals surface area contributed by atoms with E-state index in [1.807, 2.05) is 13.8 Å². The Hall–Kier alpha value is -0.570. The lowest BCUT2D eigenvalue weighted by Crippen LogP contribution is -2.24. The van der Waals surface area contributed by atoms with Crippen LogP contribution in [0.4, 0.5) is 0 Å². The Bertz CT molecular complexity index is 173. The largest absolute Gasteiger partial charge is 0.481 e. The SMILES string of the molecule is CCOC(C)C1(CC(=O)O)CC1. The van der Waals surface area contributed by atoms with Crippen LogP contribution in [0, 0.1) is 5.41 Å². The van der Waals surface area contributed by atoms with Gasteiger partial charge in [0.15, 0.2) is 0 Å². The molecule has 0 radical (unpaired) electrons. The summed E-state index contributed by atoms with van der Waals surface area (Å²) in [4.78, 5) is 10.5. The molecule has 1 fully saturated rings. The molecule has 1 aliphatic carbocycles. The van der Waals surface area contributed by atoms with Crippen molar-refractivity contribution in [3.05, 3.63) is 0 Å². The lowest BCUT2D eigenvalue weighted by atomic mass is 9.96. The van der Waals surface area contributed by atoms with Gasteiger partial charge < -0.3 is 9.84 Å². The first-order valence-corrected chi connectivity index (χ1v) is 4.44. The third kappa shape index (κ3) is 1.97. The number of ether oxygens (including phenoxy) is 1. The van der Waals surface area contributed by atoms with Crippen molar-refractivity contribution < 1.29 is 14.6 Å². The second-order valence-electron chi connectivity index (χ2n) is 3.53. The van der Waals surface area contributed by atoms with E-state index in [0.717, 1.165) is 12.8 Å². The van der Waals surface area contributed by atoms with Crippen molar-refractivity contribution in [1.82, 2.24) is 0 Å². The number of rotatable bonds is 5. The van der Waals surface area contributed by atoms with Crippen LogP contribution in [-0.4, -0.2) is 23.8 Å². The maximum Gasteiger partial charge on any atom is 0.304 e. The summed E-state index contributed by atoms with van der Waals surface area (Å²) in [5.74, 6) is -0.709. The second-order valence-corrected chi connectivity index (χ2v) is 3.53. The molecule has 1 atom stereocenters. The minimum absolute atomic E-state index is 0.0398. The Balaban J connectivity index is 2.42. The van der Waals surface area contributed by atoms with Gasteiger partial charge in [0.25, 0.3) is 0 Å². The fourth-order valence-corrected chi connectivity index (χ4v) is 1.62. The molecule has 1 rings (SSSR count). The molecule has 3 heteroatoms. The highest BCUT2D eigenvalue weighted by Gasteiger charge is 2.49. The average Bonchev–Trinajstić information content (AvgIpc) is 2.69. The van der Waals surface area contributed by atoms with Crippen LogP contribution < -0.4 is 0 Å². The molecular weight excluding hydrogens is 156 g/mol. The zero-order valence-electron chi connectivity index (χ0n) is 7.67. The minimum atomic E-state index is -0.709. The van der Waals surface area contributed by atoms with Crippen LogP contribution in [0.3, 0.4) is 0 Å². The van der Waals surface area contributed by atoms with Gasteiger partial charge in [0.1, 0.15) is 0 Å². The molecule has 0 bridgehead atoms. The monoisotopic (exact) mass is 172 g/mol. The highest BCUT2D eigenvalue weighted by atomic mass is 16.5. The summed E-state index contributed by atoms with van der Waals surface area (Å²) in [6, 6.07) is 0. The van der Waals surface area contributed by atoms with E-state index in [4.69, 9.17) is 9.84 Å². The first-order valence-electron chi connectivity index (χ1n) is 4.44. The minimum Gasteiger partial charge on any atom is -0.481 e. The molecule has 0 spiro atoms. The van der Waals surface area contributed by atoms with Gasteiger partial charge in [0.2, 0.25) is 0 Å². The lowest BCUT2D eigenvalue weighted by molar-refractivity contribution is -0.140. The van der Waals surface area contributed by atoms with Crippen molar-refractivity contribution in [3.8, 4) is 0 Å². The van der Waals surface area contributed by atoms with Gasteiger partial charge in [-0.1, -0.05) is 0 Å². The molecule has 0 aromatic heterocycles. The van der Waals surface area contributed by atoms with E-state index in [2.05, 4.69) is 0 Å². The Morgan fingerprint density at radius 1 is 1.67 bits per heavy atom. The Morgan fingerprint density at radius 2 is 2.25 bits per heavy atom. The maximum absolute atomic E-state index is 10.5. The van der Waals surface area contributed by atoms with Crippen LogP contribution in [0.5, 0.6) is 0 Å². The first-order chi connectivity index (χ1) is 5.60. The standard InChI is InChI=1S/C9H16O3/c1-3-12-7(2)9(4-5-9)6-8(10)11/h7H,3-6H2,1-2H3,(H,10,11). The quantitative estimate of drug-likeness (QED) is 0.686. The molecule has 70 valence electrons. The van der Waals surface area contributed by atoms with Gasteiger partial charge in [0.05, 0.1) is 12.5 Å². The molecule has 1 unspecified atom stereocenters. The molecule has 1 N–H and O–H groups in total. The summed E-state index contributed by atoms with van der Waals surface area (Å²) in [7, 11) is 0. The lowest BCUT2D eigenvalue weighted by Gasteiger charge is -2.21. The maximum atomic E-state index is 10.5. The molecule has 1 saturated carbocycles. The summed E-state index contributed by atoms with van der Waals surface area (Å²) >= 11 is 0. The molecule has 12 heavy (non-hydrogen) atoms. The van der Waals surface area contributed by atoms with Crippen LogP contribution >= 0.6 is 0 Å². The Morgan fingerprint density at radius 3 is 2.58 bits per heavy atom. The van der Waals surface area contributed by atoms with Crippen LogP contribution in [0.15, 0.2) is 0 Å². The van der Waals surface area contributed by atoms with E-state index in [1.54, 1.807) is 0 Å². The average molecular weight is 172 g/mol. The third-order valence-electron chi connectivity index (χ3n) is 2.67. The van der Waals surface area contributed by atoms with E-state index in [0.29, 0.717) is 6.61 Å². The van der Waals surface area contributed by atoms with Gasteiger partial charge in [-0.3, -0.25) is 4.79 Å². The highest BCUT2D eigenvalue weighted by molar-refractivity contribution is 5.68. The van der Waals surface area contributed by atoms with E-state index in [-0.39, 0.29) is 17.9 Å². The van der Waals surface area contributed by atoms with Crippen LogP contribution in [0.1, 0.15) is 33.1 Å². The first kappa shape index (κ1) is 9.52. The van der Waals surface area contributed by atoms with Crippen molar-refractivity contribution in [2.75, 3.05) is 6.61 Å². The van der Waals surface area contributed by atoms with E-state index >= 15 is 0 Å². The molecule has 1 aliphatic rings. The highest BCUT2D eigenvalue weighted by Crippen LogP contribution is 2.52. The van der Waals surface area contributed by atoms with Crippen LogP contribution in [0.25, 0.3) is 0 Å². The molecule has 0 aromatic carbocycles. The van der Waals surface area contributed by atoms with E-state index in [9.17, 15) is 4.79 Å². The number of carboxylic acids is 1. The number of carbonyl (C=O) groups is 1. The van der Waals surface area contributed by atoms with Gasteiger partial charge in [-0.05, 0) is 26.7 Å². The van der Waals surface area contributed by atoms with E-state index in [1.165, 1.54) is 0 Å². The molecule has 0 saturated heterocycles. The fraction of sp³-hybridized carbons (Fsp3) is 0.889. The molecular formula is C9H16O3. The molecule has 0 aromatic rings. The van der Waals surface area contributed by atoms with Gasteiger partial charge in [-0.15, -0.1) is 0 Å². The summed E-state index contributed by atoms with van der Waals surface area (Å²) < 4.78 is 5.41. The predicted molar refractivity (Wildman–Crippen MR) is 45.0 cm³/mol. The second kappa shape index (κ2) is 3.44. The van der Waals surface area contributed by atoms with Crippen molar-refractivity contribution in [1.29, 1.82) is 0 Å². The smallest absolute Gasteiger partial charge is 0.304 e. The van der Waals surface area contributed by atoms with Crippen molar-refractivity contribution in [3.63, 3.8) is 0 Å². The summed E-state index contributed by atoms with van der Waals surface area (Å²) in [5, 5.41) is 8.65. The van der Waals surface area contributed by atoms with Gasteiger partial charge in [-0.25, -0.2) is 0 Å². The van der Waals surface area contributed by atoms with Crippen molar-refractivity contribution in [2.45, 2.75) is 39.2 Å². The normalized spacial score (nSPS) is 21.8. The summed E-state index contributed by atoms with van der Waals surface area (Å²) in [5.41, 5.74) is -0.0398. The number of carboxylic acid groups (broad SMARTS) is 1. The van der Waals surface area contributed by atoms with Crippen molar-refractivity contribution in [2.24, 2.45) is 5.41 Å². The topological polar surface area (TPSA) is 46.5 Å². The molecule has 0 aliphatic heterocycles. The van der Waals surface area contributed by atoms with E-state index < -0.39 is 5.97 Å². The van der Waals surface area contributed by atoms with Crippen LogP contribution in [0.2, 0.25) is 0 Å². The fourth-order valence-electron chi connectivity index (χ4n) is 1.62. The number of hydrogen-bond donors (Lipinski definition) is 1. The third-order valence-corrected chi connectivity index (χ3v) is 2.67. The summed E-state index contributed by atoms with van der Waals surface area (Å²) in [6.07, 6.45) is 2.35. The Labute approximate surface area is 72.7 Å². The van der Waals surface area contributed by atoms with Crippen LogP contribution in [-0.2, 0) is 9.53 Å².